The lowest BCUT2D eigenvalue weighted by Gasteiger charge is -2.34. The number of benzene rings is 2. The van der Waals surface area contributed by atoms with Gasteiger partial charge in [-0.3, -0.25) is 9.69 Å². The van der Waals surface area contributed by atoms with Gasteiger partial charge in [0.05, 0.1) is 11.4 Å². The lowest BCUT2D eigenvalue weighted by atomic mass is 10.1. The number of nitrogens with zero attached hydrogens (tertiary/aromatic N) is 3. The first kappa shape index (κ1) is 22.5. The minimum Gasteiger partial charge on any atom is -0.339 e. The fourth-order valence-corrected chi connectivity index (χ4v) is 5.15. The molecule has 0 aromatic heterocycles. The van der Waals surface area contributed by atoms with E-state index in [1.54, 1.807) is 17.0 Å². The summed E-state index contributed by atoms with van der Waals surface area (Å²) in [6, 6.07) is 17.2. The van der Waals surface area contributed by atoms with Crippen molar-refractivity contribution >= 4 is 15.9 Å². The van der Waals surface area contributed by atoms with E-state index in [1.807, 2.05) is 54.4 Å². The zero-order valence-corrected chi connectivity index (χ0v) is 18.6. The molecule has 0 N–H and O–H groups in total. The molecule has 2 aromatic carbocycles. The summed E-state index contributed by atoms with van der Waals surface area (Å²) in [6.07, 6.45) is 1.97. The number of sulfonamides is 1. The Morgan fingerprint density at radius 2 is 1.57 bits per heavy atom. The molecule has 1 saturated heterocycles. The van der Waals surface area contributed by atoms with Crippen molar-refractivity contribution in [1.82, 2.24) is 14.1 Å². The van der Waals surface area contributed by atoms with E-state index in [1.165, 1.54) is 4.31 Å². The molecule has 0 bridgehead atoms. The molecule has 0 aliphatic carbocycles. The van der Waals surface area contributed by atoms with Crippen LogP contribution in [0.1, 0.15) is 24.5 Å². The third-order valence-corrected chi connectivity index (χ3v) is 7.30. The minimum absolute atomic E-state index is 0.0365. The van der Waals surface area contributed by atoms with Gasteiger partial charge in [-0.1, -0.05) is 55.8 Å². The third-order valence-electron chi connectivity index (χ3n) is 5.39. The van der Waals surface area contributed by atoms with Gasteiger partial charge in [0.25, 0.3) is 0 Å². The third kappa shape index (κ3) is 5.68. The smallest absolute Gasteiger partial charge is 0.243 e. The van der Waals surface area contributed by atoms with Crippen LogP contribution in [-0.4, -0.2) is 68.2 Å². The highest BCUT2D eigenvalue weighted by Crippen LogP contribution is 2.19. The summed E-state index contributed by atoms with van der Waals surface area (Å²) < 4.78 is 27.3. The SMILES string of the molecule is CCCc1ccc(S(=O)(=O)N2CCN(C(=O)CN(C)Cc3ccccc3)CC2)cc1. The number of piperazine rings is 1. The first-order chi connectivity index (χ1) is 14.4. The van der Waals surface area contributed by atoms with Gasteiger partial charge in [0, 0.05) is 32.7 Å². The molecule has 30 heavy (non-hydrogen) atoms. The Bertz CT molecular complexity index is 922. The summed E-state index contributed by atoms with van der Waals surface area (Å²) in [5.41, 5.74) is 2.31. The molecule has 0 radical (unpaired) electrons. The molecule has 0 spiro atoms. The zero-order valence-electron chi connectivity index (χ0n) is 17.8. The second kappa shape index (κ2) is 10.2. The number of carbonyl (C=O) groups is 1. The number of rotatable bonds is 8. The van der Waals surface area contributed by atoms with Gasteiger partial charge in [0.1, 0.15) is 0 Å². The first-order valence-electron chi connectivity index (χ1n) is 10.5. The average molecular weight is 430 g/mol. The predicted molar refractivity (Wildman–Crippen MR) is 119 cm³/mol. The maximum absolute atomic E-state index is 12.9. The standard InChI is InChI=1S/C23H31N3O3S/c1-3-7-20-10-12-22(13-11-20)30(28,29)26-16-14-25(15-17-26)23(27)19-24(2)18-21-8-5-4-6-9-21/h4-6,8-13H,3,7,14-19H2,1-2H3. The van der Waals surface area contributed by atoms with E-state index in [-0.39, 0.29) is 5.91 Å². The summed E-state index contributed by atoms with van der Waals surface area (Å²) >= 11 is 0. The second-order valence-corrected chi connectivity index (χ2v) is 9.77. The molecule has 162 valence electrons. The summed E-state index contributed by atoms with van der Waals surface area (Å²) in [5.74, 6) is 0.0365. The Morgan fingerprint density at radius 1 is 0.933 bits per heavy atom. The van der Waals surface area contributed by atoms with Gasteiger partial charge in [-0.25, -0.2) is 8.42 Å². The molecule has 1 aliphatic rings. The van der Waals surface area contributed by atoms with Crippen molar-refractivity contribution in [2.45, 2.75) is 31.2 Å². The Labute approximate surface area is 180 Å². The van der Waals surface area contributed by atoms with Gasteiger partial charge in [0.2, 0.25) is 15.9 Å². The number of likely N-dealkylation sites (N-methyl/N-ethyl adjacent to an activating group) is 1. The van der Waals surface area contributed by atoms with Crippen LogP contribution in [0.25, 0.3) is 0 Å². The molecule has 7 heteroatoms. The van der Waals surface area contributed by atoms with Gasteiger partial charge in [0.15, 0.2) is 0 Å². The molecule has 0 saturated carbocycles. The summed E-state index contributed by atoms with van der Waals surface area (Å²) in [7, 11) is -1.60. The van der Waals surface area contributed by atoms with Crippen molar-refractivity contribution in [3.63, 3.8) is 0 Å². The van der Waals surface area contributed by atoms with Crippen LogP contribution < -0.4 is 0 Å². The van der Waals surface area contributed by atoms with Crippen LogP contribution in [0, 0.1) is 0 Å². The maximum atomic E-state index is 12.9. The molecule has 2 aromatic rings. The zero-order chi connectivity index (χ0) is 21.6. The second-order valence-electron chi connectivity index (χ2n) is 7.84. The Balaban J connectivity index is 1.52. The van der Waals surface area contributed by atoms with E-state index in [0.717, 1.165) is 24.0 Å². The van der Waals surface area contributed by atoms with Crippen LogP contribution >= 0.6 is 0 Å². The monoisotopic (exact) mass is 429 g/mol. The van der Waals surface area contributed by atoms with E-state index in [9.17, 15) is 13.2 Å². The quantitative estimate of drug-likeness (QED) is 0.647. The highest BCUT2D eigenvalue weighted by Gasteiger charge is 2.30. The lowest BCUT2D eigenvalue weighted by Crippen LogP contribution is -2.52. The molecule has 1 fully saturated rings. The summed E-state index contributed by atoms with van der Waals surface area (Å²) in [4.78, 5) is 16.7. The van der Waals surface area contributed by atoms with Crippen molar-refractivity contribution in [2.24, 2.45) is 0 Å². The van der Waals surface area contributed by atoms with Gasteiger partial charge < -0.3 is 4.90 Å². The van der Waals surface area contributed by atoms with Gasteiger partial charge in [-0.05, 0) is 36.7 Å². The molecular formula is C23H31N3O3S. The highest BCUT2D eigenvalue weighted by molar-refractivity contribution is 7.89. The van der Waals surface area contributed by atoms with Crippen molar-refractivity contribution in [3.8, 4) is 0 Å². The fourth-order valence-electron chi connectivity index (χ4n) is 3.73. The van der Waals surface area contributed by atoms with Crippen molar-refractivity contribution in [2.75, 3.05) is 39.8 Å². The van der Waals surface area contributed by atoms with Crippen LogP contribution in [0.4, 0.5) is 0 Å². The van der Waals surface area contributed by atoms with E-state index in [4.69, 9.17) is 0 Å². The Kier molecular flexibility index (Phi) is 7.64. The largest absolute Gasteiger partial charge is 0.339 e. The Hall–Kier alpha value is -2.22. The molecule has 1 aliphatic heterocycles. The van der Waals surface area contributed by atoms with Crippen LogP contribution in [0.3, 0.4) is 0 Å². The summed E-state index contributed by atoms with van der Waals surface area (Å²) in [5, 5.41) is 0. The number of amides is 1. The van der Waals surface area contributed by atoms with E-state index >= 15 is 0 Å². The van der Waals surface area contributed by atoms with Crippen molar-refractivity contribution in [1.29, 1.82) is 0 Å². The fraction of sp³-hybridized carbons (Fsp3) is 0.435. The van der Waals surface area contributed by atoms with Gasteiger partial charge >= 0.3 is 0 Å². The molecular weight excluding hydrogens is 398 g/mol. The molecule has 1 heterocycles. The molecule has 1 amide bonds. The van der Waals surface area contributed by atoms with E-state index in [2.05, 4.69) is 6.92 Å². The highest BCUT2D eigenvalue weighted by atomic mass is 32.2. The number of aryl methyl sites for hydroxylation is 1. The van der Waals surface area contributed by atoms with E-state index < -0.39 is 10.0 Å². The first-order valence-corrected chi connectivity index (χ1v) is 11.9. The van der Waals surface area contributed by atoms with Gasteiger partial charge in [-0.15, -0.1) is 0 Å². The van der Waals surface area contributed by atoms with E-state index in [0.29, 0.717) is 44.2 Å². The van der Waals surface area contributed by atoms with Gasteiger partial charge in [-0.2, -0.15) is 4.31 Å². The lowest BCUT2D eigenvalue weighted by molar-refractivity contribution is -0.133. The molecule has 0 atom stereocenters. The topological polar surface area (TPSA) is 60.9 Å². The number of carbonyl (C=O) groups excluding carboxylic acids is 1. The number of hydrogen-bond acceptors (Lipinski definition) is 4. The van der Waals surface area contributed by atoms with Crippen molar-refractivity contribution < 1.29 is 13.2 Å². The molecule has 6 nitrogen and oxygen atoms in total. The van der Waals surface area contributed by atoms with Crippen molar-refractivity contribution in [3.05, 3.63) is 65.7 Å². The average Bonchev–Trinajstić information content (AvgIpc) is 2.75. The molecule has 0 unspecified atom stereocenters. The normalized spacial score (nSPS) is 15.5. The summed E-state index contributed by atoms with van der Waals surface area (Å²) in [6.45, 7) is 4.62. The minimum atomic E-state index is -3.52. The molecule has 3 rings (SSSR count). The van der Waals surface area contributed by atoms with Crippen LogP contribution in [-0.2, 0) is 27.8 Å². The van der Waals surface area contributed by atoms with Crippen LogP contribution in [0.5, 0.6) is 0 Å². The maximum Gasteiger partial charge on any atom is 0.243 e. The van der Waals surface area contributed by atoms with Crippen LogP contribution in [0.15, 0.2) is 59.5 Å². The Morgan fingerprint density at radius 3 is 2.17 bits per heavy atom. The van der Waals surface area contributed by atoms with Crippen LogP contribution in [0.2, 0.25) is 0 Å². The number of hydrogen-bond donors (Lipinski definition) is 0. The predicted octanol–water partition coefficient (Wildman–Crippen LogP) is 2.60.